The maximum atomic E-state index is 9.74. The maximum Gasteiger partial charge on any atom is 0.148 e. The van der Waals surface area contributed by atoms with E-state index in [9.17, 15) is 5.11 Å². The van der Waals surface area contributed by atoms with Crippen molar-refractivity contribution in [2.45, 2.75) is 46.1 Å². The van der Waals surface area contributed by atoms with Crippen molar-refractivity contribution in [3.8, 4) is 0 Å². The summed E-state index contributed by atoms with van der Waals surface area (Å²) in [5, 5.41) is 9.74. The van der Waals surface area contributed by atoms with Gasteiger partial charge in [-0.15, -0.1) is 0 Å². The highest BCUT2D eigenvalue weighted by molar-refractivity contribution is 5.58. The fourth-order valence-electron chi connectivity index (χ4n) is 2.60. The van der Waals surface area contributed by atoms with Crippen LogP contribution in [0.15, 0.2) is 0 Å². The van der Waals surface area contributed by atoms with Gasteiger partial charge < -0.3 is 15.4 Å². The van der Waals surface area contributed by atoms with E-state index in [4.69, 9.17) is 10.8 Å². The fourth-order valence-corrected chi connectivity index (χ4v) is 2.60. The van der Waals surface area contributed by atoms with Gasteiger partial charge in [-0.3, -0.25) is 0 Å². The monoisotopic (exact) mass is 279 g/mol. The Morgan fingerprint density at radius 1 is 1.35 bits per heavy atom. The standard InChI is InChI=1S/C14H25N5O/c1-8(2)12-16-13(18-15)9(3)14(17-12)19-6-5-11(7-19)10(4)20/h8,10-11,20H,5-7,15H2,1-4H3,(H,16,17,18). The molecule has 112 valence electrons. The van der Waals surface area contributed by atoms with Crippen LogP contribution in [0.1, 0.15) is 44.5 Å². The van der Waals surface area contributed by atoms with E-state index in [1.54, 1.807) is 0 Å². The number of aliphatic hydroxyl groups is 1. The molecule has 1 saturated heterocycles. The summed E-state index contributed by atoms with van der Waals surface area (Å²) in [5.41, 5.74) is 3.62. The quantitative estimate of drug-likeness (QED) is 0.570. The third-order valence-corrected chi connectivity index (χ3v) is 4.00. The van der Waals surface area contributed by atoms with Crippen LogP contribution in [0.25, 0.3) is 0 Å². The van der Waals surface area contributed by atoms with Crippen LogP contribution in [-0.4, -0.2) is 34.3 Å². The molecule has 6 nitrogen and oxygen atoms in total. The second kappa shape index (κ2) is 5.93. The molecule has 0 amide bonds. The van der Waals surface area contributed by atoms with E-state index >= 15 is 0 Å². The number of hydrogen-bond donors (Lipinski definition) is 3. The summed E-state index contributed by atoms with van der Waals surface area (Å²) in [5.74, 6) is 8.52. The third kappa shape index (κ3) is 2.86. The summed E-state index contributed by atoms with van der Waals surface area (Å²) in [6, 6.07) is 0. The number of hydrogen-bond acceptors (Lipinski definition) is 6. The summed E-state index contributed by atoms with van der Waals surface area (Å²) in [7, 11) is 0. The van der Waals surface area contributed by atoms with Crippen LogP contribution in [0.4, 0.5) is 11.6 Å². The lowest BCUT2D eigenvalue weighted by atomic mass is 10.0. The molecular weight excluding hydrogens is 254 g/mol. The first kappa shape index (κ1) is 15.0. The molecule has 0 bridgehead atoms. The van der Waals surface area contributed by atoms with Crippen LogP contribution < -0.4 is 16.2 Å². The number of nitrogen functional groups attached to an aromatic ring is 1. The molecule has 0 aromatic carbocycles. The van der Waals surface area contributed by atoms with Gasteiger partial charge in [0.2, 0.25) is 0 Å². The van der Waals surface area contributed by atoms with E-state index < -0.39 is 0 Å². The van der Waals surface area contributed by atoms with Crippen LogP contribution in [0.2, 0.25) is 0 Å². The Labute approximate surface area is 120 Å². The number of nitrogens with one attached hydrogen (secondary N) is 1. The van der Waals surface area contributed by atoms with Crippen molar-refractivity contribution in [2.75, 3.05) is 23.4 Å². The maximum absolute atomic E-state index is 9.74. The van der Waals surface area contributed by atoms with E-state index in [1.165, 1.54) is 0 Å². The van der Waals surface area contributed by atoms with Gasteiger partial charge in [-0.05, 0) is 20.3 Å². The van der Waals surface area contributed by atoms with Crippen molar-refractivity contribution in [3.63, 3.8) is 0 Å². The molecule has 2 heterocycles. The minimum atomic E-state index is -0.279. The summed E-state index contributed by atoms with van der Waals surface area (Å²) in [6.07, 6.45) is 0.711. The largest absolute Gasteiger partial charge is 0.393 e. The van der Waals surface area contributed by atoms with Gasteiger partial charge >= 0.3 is 0 Å². The molecule has 1 fully saturated rings. The van der Waals surface area contributed by atoms with Crippen molar-refractivity contribution in [1.29, 1.82) is 0 Å². The first-order valence-electron chi connectivity index (χ1n) is 7.22. The van der Waals surface area contributed by atoms with E-state index in [0.717, 1.165) is 36.7 Å². The predicted molar refractivity (Wildman–Crippen MR) is 80.7 cm³/mol. The lowest BCUT2D eigenvalue weighted by Gasteiger charge is -2.23. The molecule has 1 aliphatic heterocycles. The zero-order valence-corrected chi connectivity index (χ0v) is 12.7. The van der Waals surface area contributed by atoms with E-state index in [0.29, 0.717) is 11.7 Å². The Bertz CT molecular complexity index is 475. The topological polar surface area (TPSA) is 87.3 Å². The Hall–Kier alpha value is -1.40. The Morgan fingerprint density at radius 3 is 2.55 bits per heavy atom. The number of rotatable bonds is 4. The smallest absolute Gasteiger partial charge is 0.148 e. The fraction of sp³-hybridized carbons (Fsp3) is 0.714. The molecule has 2 unspecified atom stereocenters. The van der Waals surface area contributed by atoms with Crippen molar-refractivity contribution >= 4 is 11.6 Å². The van der Waals surface area contributed by atoms with E-state index in [1.807, 2.05) is 13.8 Å². The van der Waals surface area contributed by atoms with E-state index in [2.05, 4.69) is 29.2 Å². The van der Waals surface area contributed by atoms with Crippen molar-refractivity contribution in [1.82, 2.24) is 9.97 Å². The zero-order chi connectivity index (χ0) is 14.9. The normalized spacial score (nSPS) is 20.6. The summed E-state index contributed by atoms with van der Waals surface area (Å²) < 4.78 is 0. The van der Waals surface area contributed by atoms with Gasteiger partial charge in [0.05, 0.1) is 6.10 Å². The molecular formula is C14H25N5O. The lowest BCUT2D eigenvalue weighted by molar-refractivity contribution is 0.136. The molecule has 0 saturated carbocycles. The Morgan fingerprint density at radius 2 is 2.05 bits per heavy atom. The van der Waals surface area contributed by atoms with Crippen LogP contribution >= 0.6 is 0 Å². The van der Waals surface area contributed by atoms with Gasteiger partial charge in [0.15, 0.2) is 0 Å². The first-order valence-corrected chi connectivity index (χ1v) is 7.22. The van der Waals surface area contributed by atoms with Gasteiger partial charge in [-0.1, -0.05) is 13.8 Å². The zero-order valence-electron chi connectivity index (χ0n) is 12.7. The number of aliphatic hydroxyl groups excluding tert-OH is 1. The van der Waals surface area contributed by atoms with Gasteiger partial charge in [0.1, 0.15) is 17.5 Å². The molecule has 20 heavy (non-hydrogen) atoms. The van der Waals surface area contributed by atoms with Gasteiger partial charge in [-0.2, -0.15) is 0 Å². The highest BCUT2D eigenvalue weighted by Gasteiger charge is 2.28. The lowest BCUT2D eigenvalue weighted by Crippen LogP contribution is -2.26. The van der Waals surface area contributed by atoms with Gasteiger partial charge in [-0.25, -0.2) is 15.8 Å². The molecule has 1 aromatic heterocycles. The van der Waals surface area contributed by atoms with Crippen molar-refractivity contribution in [3.05, 3.63) is 11.4 Å². The number of aromatic nitrogens is 2. The van der Waals surface area contributed by atoms with Crippen LogP contribution in [0, 0.1) is 12.8 Å². The second-order valence-corrected chi connectivity index (χ2v) is 5.91. The van der Waals surface area contributed by atoms with E-state index in [-0.39, 0.29) is 12.0 Å². The highest BCUT2D eigenvalue weighted by atomic mass is 16.3. The van der Waals surface area contributed by atoms with Crippen LogP contribution in [0.5, 0.6) is 0 Å². The molecule has 2 atom stereocenters. The minimum Gasteiger partial charge on any atom is -0.393 e. The number of anilines is 2. The second-order valence-electron chi connectivity index (χ2n) is 5.91. The SMILES string of the molecule is Cc1c(NN)nc(C(C)C)nc1N1CCC(C(C)O)C1. The first-order chi connectivity index (χ1) is 9.43. The molecule has 4 N–H and O–H groups in total. The number of nitrogens with two attached hydrogens (primary N) is 1. The summed E-state index contributed by atoms with van der Waals surface area (Å²) in [4.78, 5) is 11.4. The molecule has 6 heteroatoms. The van der Waals surface area contributed by atoms with Crippen LogP contribution in [-0.2, 0) is 0 Å². The minimum absolute atomic E-state index is 0.247. The summed E-state index contributed by atoms with van der Waals surface area (Å²) >= 11 is 0. The van der Waals surface area contributed by atoms with Crippen molar-refractivity contribution in [2.24, 2.45) is 11.8 Å². The third-order valence-electron chi connectivity index (χ3n) is 4.00. The molecule has 1 aromatic rings. The van der Waals surface area contributed by atoms with Gasteiger partial charge in [0.25, 0.3) is 0 Å². The number of hydrazine groups is 1. The predicted octanol–water partition coefficient (Wildman–Crippen LogP) is 1.40. The molecule has 0 radical (unpaired) electrons. The highest BCUT2D eigenvalue weighted by Crippen LogP contribution is 2.30. The molecule has 0 aliphatic carbocycles. The average molecular weight is 279 g/mol. The average Bonchev–Trinajstić information content (AvgIpc) is 2.88. The molecule has 0 spiro atoms. The Kier molecular flexibility index (Phi) is 4.45. The summed E-state index contributed by atoms with van der Waals surface area (Å²) in [6.45, 7) is 9.71. The van der Waals surface area contributed by atoms with Crippen molar-refractivity contribution < 1.29 is 5.11 Å². The number of nitrogens with zero attached hydrogens (tertiary/aromatic N) is 3. The molecule has 2 rings (SSSR count). The van der Waals surface area contributed by atoms with Crippen LogP contribution in [0.3, 0.4) is 0 Å². The Balaban J connectivity index is 2.33. The molecule has 1 aliphatic rings. The van der Waals surface area contributed by atoms with Gasteiger partial charge in [0, 0.05) is 30.5 Å².